The fraction of sp³-hybridized carbons (Fsp3) is 0.300. The molecule has 0 spiro atoms. The lowest BCUT2D eigenvalue weighted by Crippen LogP contribution is -2.47. The van der Waals surface area contributed by atoms with Gasteiger partial charge in [-0.1, -0.05) is 35.9 Å². The summed E-state index contributed by atoms with van der Waals surface area (Å²) in [5, 5.41) is 6.52. The van der Waals surface area contributed by atoms with Gasteiger partial charge in [-0.2, -0.15) is 0 Å². The first-order chi connectivity index (χ1) is 12.5. The molecule has 5 nitrogen and oxygen atoms in total. The van der Waals surface area contributed by atoms with Crippen molar-refractivity contribution in [2.45, 2.75) is 25.8 Å². The molecule has 0 unspecified atom stereocenters. The maximum atomic E-state index is 12.4. The average molecular weight is 372 g/mol. The van der Waals surface area contributed by atoms with E-state index in [9.17, 15) is 9.59 Å². The van der Waals surface area contributed by atoms with Gasteiger partial charge in [-0.25, -0.2) is 4.79 Å². The van der Waals surface area contributed by atoms with E-state index in [1.54, 1.807) is 29.2 Å². The van der Waals surface area contributed by atoms with Crippen LogP contribution in [0.4, 0.5) is 10.5 Å². The zero-order valence-corrected chi connectivity index (χ0v) is 15.4. The van der Waals surface area contributed by atoms with E-state index in [-0.39, 0.29) is 18.0 Å². The number of nitrogens with one attached hydrogen (secondary N) is 2. The summed E-state index contributed by atoms with van der Waals surface area (Å²) in [5.41, 5.74) is 2.34. The highest BCUT2D eigenvalue weighted by atomic mass is 35.5. The van der Waals surface area contributed by atoms with Crippen LogP contribution < -0.4 is 10.6 Å². The summed E-state index contributed by atoms with van der Waals surface area (Å²) >= 11 is 5.94. The van der Waals surface area contributed by atoms with Gasteiger partial charge in [0, 0.05) is 35.4 Å². The van der Waals surface area contributed by atoms with Crippen LogP contribution in [0, 0.1) is 6.92 Å². The standard InChI is InChI=1S/C20H22ClN3O2/c1-14-5-2-3-8-18(14)19(25)22-16-9-11-24(12-10-16)20(26)23-17-7-4-6-15(21)13-17/h2-8,13,16H,9-12H2,1H3,(H,22,25)(H,23,26). The summed E-state index contributed by atoms with van der Waals surface area (Å²) < 4.78 is 0. The quantitative estimate of drug-likeness (QED) is 0.854. The topological polar surface area (TPSA) is 61.4 Å². The van der Waals surface area contributed by atoms with E-state index in [2.05, 4.69) is 10.6 Å². The van der Waals surface area contributed by atoms with Crippen LogP contribution in [0.1, 0.15) is 28.8 Å². The van der Waals surface area contributed by atoms with Crippen molar-refractivity contribution >= 4 is 29.2 Å². The molecule has 26 heavy (non-hydrogen) atoms. The first kappa shape index (κ1) is 18.3. The van der Waals surface area contributed by atoms with Gasteiger partial charge < -0.3 is 15.5 Å². The number of anilines is 1. The number of benzene rings is 2. The number of urea groups is 1. The summed E-state index contributed by atoms with van der Waals surface area (Å²) in [7, 11) is 0. The molecule has 0 radical (unpaired) electrons. The number of hydrogen-bond acceptors (Lipinski definition) is 2. The molecular formula is C20H22ClN3O2. The van der Waals surface area contributed by atoms with Crippen LogP contribution in [0.2, 0.25) is 5.02 Å². The van der Waals surface area contributed by atoms with Crippen molar-refractivity contribution in [2.24, 2.45) is 0 Å². The number of piperidine rings is 1. The fourth-order valence-electron chi connectivity index (χ4n) is 3.09. The zero-order chi connectivity index (χ0) is 18.5. The molecule has 0 aromatic heterocycles. The highest BCUT2D eigenvalue weighted by molar-refractivity contribution is 6.30. The zero-order valence-electron chi connectivity index (χ0n) is 14.7. The molecule has 2 aromatic carbocycles. The van der Waals surface area contributed by atoms with Gasteiger partial charge in [0.05, 0.1) is 0 Å². The number of aryl methyl sites for hydroxylation is 1. The van der Waals surface area contributed by atoms with Crippen LogP contribution in [0.15, 0.2) is 48.5 Å². The lowest BCUT2D eigenvalue weighted by Gasteiger charge is -2.32. The normalized spacial score (nSPS) is 14.8. The van der Waals surface area contributed by atoms with Crippen LogP contribution in [0.25, 0.3) is 0 Å². The predicted molar refractivity (Wildman–Crippen MR) is 104 cm³/mol. The van der Waals surface area contributed by atoms with Crippen LogP contribution in [0.5, 0.6) is 0 Å². The van der Waals surface area contributed by atoms with Crippen LogP contribution in [0.3, 0.4) is 0 Å². The third-order valence-corrected chi connectivity index (χ3v) is 4.82. The molecule has 1 heterocycles. The highest BCUT2D eigenvalue weighted by Gasteiger charge is 2.24. The van der Waals surface area contributed by atoms with E-state index in [1.807, 2.05) is 31.2 Å². The Kier molecular flexibility index (Phi) is 5.78. The number of carbonyl (C=O) groups excluding carboxylic acids is 2. The average Bonchev–Trinajstić information content (AvgIpc) is 2.62. The highest BCUT2D eigenvalue weighted by Crippen LogP contribution is 2.17. The molecule has 1 fully saturated rings. The molecule has 1 aliphatic heterocycles. The van der Waals surface area contributed by atoms with Gasteiger partial charge >= 0.3 is 6.03 Å². The minimum atomic E-state index is -0.143. The minimum absolute atomic E-state index is 0.0510. The van der Waals surface area contributed by atoms with E-state index in [4.69, 9.17) is 11.6 Å². The molecule has 2 N–H and O–H groups in total. The van der Waals surface area contributed by atoms with E-state index in [0.717, 1.165) is 18.4 Å². The van der Waals surface area contributed by atoms with E-state index in [1.165, 1.54) is 0 Å². The molecule has 1 aliphatic rings. The van der Waals surface area contributed by atoms with Gasteiger partial charge in [0.2, 0.25) is 0 Å². The first-order valence-electron chi connectivity index (χ1n) is 8.71. The number of likely N-dealkylation sites (tertiary alicyclic amines) is 1. The Labute approximate surface area is 158 Å². The molecule has 0 aliphatic carbocycles. The fourth-order valence-corrected chi connectivity index (χ4v) is 3.28. The van der Waals surface area contributed by atoms with Crippen molar-refractivity contribution in [3.8, 4) is 0 Å². The Balaban J connectivity index is 1.50. The second-order valence-electron chi connectivity index (χ2n) is 6.49. The summed E-state index contributed by atoms with van der Waals surface area (Å²) in [6.07, 6.45) is 1.47. The molecule has 3 rings (SSSR count). The summed E-state index contributed by atoms with van der Waals surface area (Å²) in [5.74, 6) is -0.0510. The van der Waals surface area contributed by atoms with Crippen LogP contribution >= 0.6 is 11.6 Å². The van der Waals surface area contributed by atoms with Gasteiger partial charge in [0.1, 0.15) is 0 Å². The molecule has 6 heteroatoms. The Morgan fingerprint density at radius 3 is 2.50 bits per heavy atom. The smallest absolute Gasteiger partial charge is 0.321 e. The van der Waals surface area contributed by atoms with Gasteiger partial charge in [0.25, 0.3) is 5.91 Å². The minimum Gasteiger partial charge on any atom is -0.349 e. The molecule has 2 aromatic rings. The van der Waals surface area contributed by atoms with Gasteiger partial charge in [-0.05, 0) is 49.6 Å². The Bertz CT molecular complexity index is 801. The van der Waals surface area contributed by atoms with Crippen LogP contribution in [-0.4, -0.2) is 36.0 Å². The molecule has 3 amide bonds. The predicted octanol–water partition coefficient (Wildman–Crippen LogP) is 4.07. The number of nitrogens with zero attached hydrogens (tertiary/aromatic N) is 1. The van der Waals surface area contributed by atoms with Gasteiger partial charge in [-0.15, -0.1) is 0 Å². The maximum absolute atomic E-state index is 12.4. The molecule has 136 valence electrons. The lowest BCUT2D eigenvalue weighted by molar-refractivity contribution is 0.0918. The number of rotatable bonds is 3. The third-order valence-electron chi connectivity index (χ3n) is 4.58. The second kappa shape index (κ2) is 8.23. The lowest BCUT2D eigenvalue weighted by atomic mass is 10.0. The Hall–Kier alpha value is -2.53. The number of halogens is 1. The number of carbonyl (C=O) groups is 2. The van der Waals surface area contributed by atoms with Gasteiger partial charge in [0.15, 0.2) is 0 Å². The molecular weight excluding hydrogens is 350 g/mol. The van der Waals surface area contributed by atoms with Crippen molar-refractivity contribution in [2.75, 3.05) is 18.4 Å². The van der Waals surface area contributed by atoms with Gasteiger partial charge in [-0.3, -0.25) is 4.79 Å². The molecule has 0 saturated carbocycles. The number of amides is 3. The summed E-state index contributed by atoms with van der Waals surface area (Å²) in [4.78, 5) is 26.5. The van der Waals surface area contributed by atoms with Crippen molar-refractivity contribution in [1.29, 1.82) is 0 Å². The van der Waals surface area contributed by atoms with Crippen molar-refractivity contribution in [3.63, 3.8) is 0 Å². The van der Waals surface area contributed by atoms with Crippen molar-refractivity contribution in [1.82, 2.24) is 10.2 Å². The molecule has 0 atom stereocenters. The first-order valence-corrected chi connectivity index (χ1v) is 9.09. The second-order valence-corrected chi connectivity index (χ2v) is 6.93. The SMILES string of the molecule is Cc1ccccc1C(=O)NC1CCN(C(=O)Nc2cccc(Cl)c2)CC1. The van der Waals surface area contributed by atoms with E-state index in [0.29, 0.717) is 29.4 Å². The summed E-state index contributed by atoms with van der Waals surface area (Å²) in [6.45, 7) is 3.13. The Morgan fingerprint density at radius 2 is 1.81 bits per heavy atom. The third kappa shape index (κ3) is 4.55. The largest absolute Gasteiger partial charge is 0.349 e. The van der Waals surface area contributed by atoms with Crippen molar-refractivity contribution in [3.05, 3.63) is 64.7 Å². The Morgan fingerprint density at radius 1 is 1.08 bits per heavy atom. The monoisotopic (exact) mass is 371 g/mol. The molecule has 1 saturated heterocycles. The van der Waals surface area contributed by atoms with Crippen LogP contribution in [-0.2, 0) is 0 Å². The van der Waals surface area contributed by atoms with E-state index < -0.39 is 0 Å². The maximum Gasteiger partial charge on any atom is 0.321 e. The number of hydrogen-bond donors (Lipinski definition) is 2. The van der Waals surface area contributed by atoms with Crippen molar-refractivity contribution < 1.29 is 9.59 Å². The van der Waals surface area contributed by atoms with E-state index >= 15 is 0 Å². The summed E-state index contributed by atoms with van der Waals surface area (Å²) in [6, 6.07) is 14.6. The molecule has 0 bridgehead atoms.